The molecule has 0 spiro atoms. The average Bonchev–Trinajstić information content (AvgIpc) is 2.69. The lowest BCUT2D eigenvalue weighted by atomic mass is 10.0. The molecule has 2 aliphatic heterocycles. The second-order valence-corrected chi connectivity index (χ2v) is 7.17. The summed E-state index contributed by atoms with van der Waals surface area (Å²) in [6.07, 6.45) is 5.58. The highest BCUT2D eigenvalue weighted by molar-refractivity contribution is 5.24. The molecule has 1 aromatic rings. The van der Waals surface area contributed by atoms with E-state index in [1.807, 2.05) is 0 Å². The van der Waals surface area contributed by atoms with Gasteiger partial charge in [-0.1, -0.05) is 44.5 Å². The van der Waals surface area contributed by atoms with Gasteiger partial charge in [-0.3, -0.25) is 9.80 Å². The molecule has 2 nitrogen and oxygen atoms in total. The van der Waals surface area contributed by atoms with Crippen LogP contribution in [0.3, 0.4) is 0 Å². The number of hydrogen-bond acceptors (Lipinski definition) is 2. The highest BCUT2D eigenvalue weighted by Crippen LogP contribution is 2.22. The highest BCUT2D eigenvalue weighted by atomic mass is 15.2. The van der Waals surface area contributed by atoms with Crippen LogP contribution in [0.5, 0.6) is 0 Å². The molecule has 0 aromatic heterocycles. The van der Waals surface area contributed by atoms with Crippen molar-refractivity contribution < 1.29 is 0 Å². The van der Waals surface area contributed by atoms with E-state index in [0.717, 1.165) is 12.6 Å². The van der Waals surface area contributed by atoms with Crippen molar-refractivity contribution in [3.63, 3.8) is 0 Å². The van der Waals surface area contributed by atoms with Crippen LogP contribution in [0.2, 0.25) is 0 Å². The molecule has 3 rings (SSSR count). The molecule has 0 bridgehead atoms. The predicted molar refractivity (Wildman–Crippen MR) is 89.6 cm³/mol. The molecular weight excluding hydrogens is 256 g/mol. The first-order valence-electron chi connectivity index (χ1n) is 8.77. The molecule has 1 aromatic carbocycles. The molecule has 1 atom stereocenters. The van der Waals surface area contributed by atoms with Crippen LogP contribution in [-0.2, 0) is 6.54 Å². The first-order chi connectivity index (χ1) is 10.2. The van der Waals surface area contributed by atoms with Gasteiger partial charge >= 0.3 is 0 Å². The van der Waals surface area contributed by atoms with E-state index in [0.29, 0.717) is 5.92 Å². The number of rotatable bonds is 3. The standard InChI is InChI=1S/C19H30N2/c1-16(2)18-9-7-17(8-10-18)14-20-11-5-13-21-12-4-3-6-19(21)15-20/h7-10,16,19H,3-6,11-15H2,1-2H3. The van der Waals surface area contributed by atoms with Gasteiger partial charge in [-0.15, -0.1) is 0 Å². The van der Waals surface area contributed by atoms with Crippen LogP contribution in [-0.4, -0.2) is 42.0 Å². The fraction of sp³-hybridized carbons (Fsp3) is 0.684. The quantitative estimate of drug-likeness (QED) is 0.832. The molecule has 2 heterocycles. The Labute approximate surface area is 130 Å². The summed E-state index contributed by atoms with van der Waals surface area (Å²) in [4.78, 5) is 5.42. The molecule has 0 N–H and O–H groups in total. The number of fused-ring (bicyclic) bond motifs is 1. The monoisotopic (exact) mass is 286 g/mol. The number of nitrogens with zero attached hydrogens (tertiary/aromatic N) is 2. The van der Waals surface area contributed by atoms with Crippen LogP contribution >= 0.6 is 0 Å². The van der Waals surface area contributed by atoms with Crippen LogP contribution in [0.15, 0.2) is 24.3 Å². The Kier molecular flexibility index (Phi) is 4.97. The van der Waals surface area contributed by atoms with E-state index in [2.05, 4.69) is 47.9 Å². The Balaban J connectivity index is 1.61. The van der Waals surface area contributed by atoms with Gasteiger partial charge in [0.25, 0.3) is 0 Å². The Morgan fingerprint density at radius 3 is 2.52 bits per heavy atom. The zero-order valence-corrected chi connectivity index (χ0v) is 13.7. The van der Waals surface area contributed by atoms with Crippen LogP contribution in [0.1, 0.15) is 56.6 Å². The third-order valence-electron chi connectivity index (χ3n) is 5.19. The van der Waals surface area contributed by atoms with Crippen molar-refractivity contribution in [3.05, 3.63) is 35.4 Å². The van der Waals surface area contributed by atoms with Crippen molar-refractivity contribution >= 4 is 0 Å². The smallest absolute Gasteiger partial charge is 0.0234 e. The van der Waals surface area contributed by atoms with Crippen LogP contribution in [0.4, 0.5) is 0 Å². The Hall–Kier alpha value is -0.860. The molecule has 0 saturated carbocycles. The van der Waals surface area contributed by atoms with E-state index < -0.39 is 0 Å². The molecule has 0 amide bonds. The molecule has 1 unspecified atom stereocenters. The highest BCUT2D eigenvalue weighted by Gasteiger charge is 2.26. The molecular formula is C19H30N2. The van der Waals surface area contributed by atoms with Gasteiger partial charge in [0.2, 0.25) is 0 Å². The van der Waals surface area contributed by atoms with Gasteiger partial charge in [0, 0.05) is 19.1 Å². The maximum Gasteiger partial charge on any atom is 0.0234 e. The lowest BCUT2D eigenvalue weighted by Crippen LogP contribution is -2.43. The van der Waals surface area contributed by atoms with E-state index in [-0.39, 0.29) is 0 Å². The van der Waals surface area contributed by atoms with Crippen LogP contribution in [0, 0.1) is 0 Å². The minimum Gasteiger partial charge on any atom is -0.299 e. The van der Waals surface area contributed by atoms with Crippen molar-refractivity contribution in [2.24, 2.45) is 0 Å². The molecule has 2 saturated heterocycles. The third-order valence-corrected chi connectivity index (χ3v) is 5.19. The third kappa shape index (κ3) is 3.87. The van der Waals surface area contributed by atoms with Gasteiger partial charge in [0.1, 0.15) is 0 Å². The van der Waals surface area contributed by atoms with Gasteiger partial charge in [-0.2, -0.15) is 0 Å². The summed E-state index contributed by atoms with van der Waals surface area (Å²) in [6, 6.07) is 10.1. The Morgan fingerprint density at radius 2 is 1.76 bits per heavy atom. The fourth-order valence-corrected chi connectivity index (χ4v) is 3.86. The predicted octanol–water partition coefficient (Wildman–Crippen LogP) is 3.87. The van der Waals surface area contributed by atoms with E-state index in [1.54, 1.807) is 0 Å². The van der Waals surface area contributed by atoms with Crippen molar-refractivity contribution in [2.45, 2.75) is 58.0 Å². The minimum absolute atomic E-state index is 0.632. The molecule has 116 valence electrons. The van der Waals surface area contributed by atoms with E-state index in [1.165, 1.54) is 63.0 Å². The van der Waals surface area contributed by atoms with E-state index >= 15 is 0 Å². The van der Waals surface area contributed by atoms with Crippen molar-refractivity contribution in [2.75, 3.05) is 26.2 Å². The van der Waals surface area contributed by atoms with Crippen molar-refractivity contribution in [1.82, 2.24) is 9.80 Å². The maximum absolute atomic E-state index is 2.74. The van der Waals surface area contributed by atoms with Crippen LogP contribution in [0.25, 0.3) is 0 Å². The van der Waals surface area contributed by atoms with E-state index in [9.17, 15) is 0 Å². The first-order valence-corrected chi connectivity index (χ1v) is 8.77. The summed E-state index contributed by atoms with van der Waals surface area (Å²) in [5.41, 5.74) is 2.93. The molecule has 0 radical (unpaired) electrons. The van der Waals surface area contributed by atoms with Gasteiger partial charge in [-0.05, 0) is 55.9 Å². The number of benzene rings is 1. The Morgan fingerprint density at radius 1 is 1.00 bits per heavy atom. The maximum atomic E-state index is 2.74. The number of hydrogen-bond donors (Lipinski definition) is 0. The largest absolute Gasteiger partial charge is 0.299 e. The normalized spacial score (nSPS) is 24.8. The summed E-state index contributed by atoms with van der Waals surface area (Å²) in [5, 5.41) is 0. The average molecular weight is 286 g/mol. The van der Waals surface area contributed by atoms with E-state index in [4.69, 9.17) is 0 Å². The lowest BCUT2D eigenvalue weighted by Gasteiger charge is -2.35. The van der Waals surface area contributed by atoms with Gasteiger partial charge in [0.05, 0.1) is 0 Å². The van der Waals surface area contributed by atoms with Crippen LogP contribution < -0.4 is 0 Å². The zero-order chi connectivity index (χ0) is 14.7. The summed E-state index contributed by atoms with van der Waals surface area (Å²) in [7, 11) is 0. The first kappa shape index (κ1) is 15.1. The van der Waals surface area contributed by atoms with Crippen molar-refractivity contribution in [1.29, 1.82) is 0 Å². The molecule has 21 heavy (non-hydrogen) atoms. The number of piperidine rings is 1. The second-order valence-electron chi connectivity index (χ2n) is 7.17. The minimum atomic E-state index is 0.632. The fourth-order valence-electron chi connectivity index (χ4n) is 3.86. The Bertz CT molecular complexity index is 437. The molecule has 0 aliphatic carbocycles. The lowest BCUT2D eigenvalue weighted by molar-refractivity contribution is 0.135. The van der Waals surface area contributed by atoms with Gasteiger partial charge in [0.15, 0.2) is 0 Å². The summed E-state index contributed by atoms with van der Waals surface area (Å²) < 4.78 is 0. The second kappa shape index (κ2) is 6.93. The molecule has 2 fully saturated rings. The topological polar surface area (TPSA) is 6.48 Å². The molecule has 2 heteroatoms. The van der Waals surface area contributed by atoms with Gasteiger partial charge in [-0.25, -0.2) is 0 Å². The zero-order valence-electron chi connectivity index (χ0n) is 13.7. The van der Waals surface area contributed by atoms with Gasteiger partial charge < -0.3 is 0 Å². The van der Waals surface area contributed by atoms with Crippen molar-refractivity contribution in [3.8, 4) is 0 Å². The summed E-state index contributed by atoms with van der Waals surface area (Å²) in [5.74, 6) is 0.632. The summed E-state index contributed by atoms with van der Waals surface area (Å²) in [6.45, 7) is 10.8. The summed E-state index contributed by atoms with van der Waals surface area (Å²) >= 11 is 0. The SMILES string of the molecule is CC(C)c1ccc(CN2CCCN3CCCCC3C2)cc1. The molecule has 2 aliphatic rings.